The minimum absolute atomic E-state index is 0.0693. The molecule has 344 valence electrons. The van der Waals surface area contributed by atoms with E-state index < -0.39 is 81.2 Å². The molecule has 0 fully saturated rings. The van der Waals surface area contributed by atoms with E-state index in [2.05, 4.69) is 27.7 Å². The molecule has 4 amide bonds. The minimum Gasteiger partial charge on any atom is -0.271 e. The fourth-order valence-electron chi connectivity index (χ4n) is 10.9. The first-order valence-electron chi connectivity index (χ1n) is 24.8. The number of halogens is 4. The topological polar surface area (TPSA) is 74.8 Å². The molecule has 0 atom stereocenters. The number of hydrogen-bond donors (Lipinski definition) is 0. The lowest BCUT2D eigenvalue weighted by Gasteiger charge is -2.36. The van der Waals surface area contributed by atoms with Gasteiger partial charge in [-0.05, 0) is 82.3 Å². The highest BCUT2D eigenvalue weighted by atomic mass is 19.1. The third kappa shape index (κ3) is 8.88. The molecular formula is C54H66F4N2O4. The first kappa shape index (κ1) is 47.4. The van der Waals surface area contributed by atoms with Gasteiger partial charge < -0.3 is 0 Å². The molecule has 0 saturated heterocycles. The molecule has 0 aromatic heterocycles. The van der Waals surface area contributed by atoms with E-state index in [9.17, 15) is 19.2 Å². The number of carbonyl (C=O) groups is 4. The molecule has 5 aromatic carbocycles. The SMILES string of the molecule is CCCCCCCC(CCCCCCC)N1C(=O)c2c(F)cc3c4cc(F)c5c6c(c(F)cc(c7cc(F)c(c2c37)C1=O)c64)C(=O)N(C(CCCCCCC)CCCCCCC)C5=O. The standard InChI is InChI=1S/C54H66F4N2O4/c1-5-9-13-17-21-25-33(26-22-18-14-10-6-2)59-51(61)45-39(55)29-35-37-31-41(57)47-50-44(37)38(36-30-40(56)46(52(59)62)49(45)43(35)36)32-42(58)48(50)54(64)60(53(47)63)34(27-23-19-15-11-7-3)28-24-20-16-12-8-4/h29-34H,5-28H2,1-4H3. The fraction of sp³-hybridized carbons (Fsp3) is 0.556. The van der Waals surface area contributed by atoms with E-state index in [-0.39, 0.29) is 43.1 Å². The number of imide groups is 2. The van der Waals surface area contributed by atoms with Gasteiger partial charge in [0.25, 0.3) is 23.6 Å². The molecular weight excluding hydrogens is 817 g/mol. The molecule has 5 aromatic rings. The van der Waals surface area contributed by atoms with Crippen molar-refractivity contribution in [3.8, 4) is 0 Å². The highest BCUT2D eigenvalue weighted by molar-refractivity contribution is 6.41. The van der Waals surface area contributed by atoms with Gasteiger partial charge in [0.2, 0.25) is 0 Å². The number of benzene rings is 5. The van der Waals surface area contributed by atoms with E-state index in [1.165, 1.54) is 0 Å². The van der Waals surface area contributed by atoms with Gasteiger partial charge in [0.05, 0.1) is 22.3 Å². The van der Waals surface area contributed by atoms with Crippen LogP contribution < -0.4 is 0 Å². The monoisotopic (exact) mass is 882 g/mol. The summed E-state index contributed by atoms with van der Waals surface area (Å²) in [6.45, 7) is 8.49. The van der Waals surface area contributed by atoms with E-state index in [1.54, 1.807) is 0 Å². The van der Waals surface area contributed by atoms with Crippen molar-refractivity contribution in [3.63, 3.8) is 0 Å². The maximum absolute atomic E-state index is 16.9. The Morgan fingerprint density at radius 1 is 0.344 bits per heavy atom. The van der Waals surface area contributed by atoms with Gasteiger partial charge in [-0.15, -0.1) is 0 Å². The average Bonchev–Trinajstić information content (AvgIpc) is 3.26. The Morgan fingerprint density at radius 2 is 0.562 bits per heavy atom. The second-order valence-electron chi connectivity index (χ2n) is 18.7. The van der Waals surface area contributed by atoms with Gasteiger partial charge in [0.15, 0.2) is 0 Å². The number of unbranched alkanes of at least 4 members (excludes halogenated alkanes) is 16. The summed E-state index contributed by atoms with van der Waals surface area (Å²) in [5.41, 5.74) is -1.77. The van der Waals surface area contributed by atoms with Crippen LogP contribution in [0.1, 0.15) is 223 Å². The van der Waals surface area contributed by atoms with Crippen molar-refractivity contribution in [3.05, 3.63) is 69.8 Å². The third-order valence-electron chi connectivity index (χ3n) is 14.2. The van der Waals surface area contributed by atoms with Crippen molar-refractivity contribution < 1.29 is 36.7 Å². The van der Waals surface area contributed by atoms with Crippen LogP contribution in [-0.2, 0) is 0 Å². The largest absolute Gasteiger partial charge is 0.271 e. The maximum Gasteiger partial charge on any atom is 0.264 e. The smallest absolute Gasteiger partial charge is 0.264 e. The number of hydrogen-bond acceptors (Lipinski definition) is 4. The van der Waals surface area contributed by atoms with Gasteiger partial charge in [-0.3, -0.25) is 29.0 Å². The van der Waals surface area contributed by atoms with Gasteiger partial charge in [0, 0.05) is 22.9 Å². The van der Waals surface area contributed by atoms with Crippen LogP contribution >= 0.6 is 0 Å². The van der Waals surface area contributed by atoms with Crippen molar-refractivity contribution >= 4 is 66.7 Å². The van der Waals surface area contributed by atoms with Crippen molar-refractivity contribution in [2.45, 2.75) is 194 Å². The molecule has 7 rings (SSSR count). The summed E-state index contributed by atoms with van der Waals surface area (Å²) in [5.74, 6) is -7.38. The molecule has 0 bridgehead atoms. The van der Waals surface area contributed by atoms with Crippen LogP contribution in [0.15, 0.2) is 24.3 Å². The maximum atomic E-state index is 16.9. The Hall–Kier alpha value is -4.60. The van der Waals surface area contributed by atoms with Crippen LogP contribution in [0.25, 0.3) is 43.1 Å². The molecule has 0 spiro atoms. The lowest BCUT2D eigenvalue weighted by Crippen LogP contribution is -2.48. The van der Waals surface area contributed by atoms with E-state index in [0.29, 0.717) is 25.7 Å². The molecule has 6 nitrogen and oxygen atoms in total. The van der Waals surface area contributed by atoms with E-state index in [1.807, 2.05) is 0 Å². The summed E-state index contributed by atoms with van der Waals surface area (Å²) in [5, 5.41) is 0.0832. The van der Waals surface area contributed by atoms with Crippen molar-refractivity contribution in [1.82, 2.24) is 9.80 Å². The summed E-state index contributed by atoms with van der Waals surface area (Å²) < 4.78 is 67.5. The van der Waals surface area contributed by atoms with Crippen LogP contribution in [0.5, 0.6) is 0 Å². The van der Waals surface area contributed by atoms with E-state index in [0.717, 1.165) is 162 Å². The molecule has 0 saturated carbocycles. The number of amides is 4. The van der Waals surface area contributed by atoms with Gasteiger partial charge >= 0.3 is 0 Å². The second kappa shape index (κ2) is 21.1. The first-order chi connectivity index (χ1) is 31.0. The Balaban J connectivity index is 1.35. The van der Waals surface area contributed by atoms with Crippen LogP contribution in [0, 0.1) is 23.3 Å². The number of carbonyl (C=O) groups excluding carboxylic acids is 4. The highest BCUT2D eigenvalue weighted by Crippen LogP contribution is 2.49. The van der Waals surface area contributed by atoms with Crippen molar-refractivity contribution in [2.75, 3.05) is 0 Å². The van der Waals surface area contributed by atoms with Crippen LogP contribution in [0.2, 0.25) is 0 Å². The zero-order valence-corrected chi connectivity index (χ0v) is 38.5. The Bertz CT molecular complexity index is 2200. The summed E-state index contributed by atoms with van der Waals surface area (Å²) in [4.78, 5) is 60.5. The predicted octanol–water partition coefficient (Wildman–Crippen LogP) is 15.7. The van der Waals surface area contributed by atoms with Crippen molar-refractivity contribution in [2.24, 2.45) is 0 Å². The lowest BCUT2D eigenvalue weighted by molar-refractivity contribution is 0.0495. The molecule has 10 heteroatoms. The van der Waals surface area contributed by atoms with Crippen LogP contribution in [0.4, 0.5) is 17.6 Å². The predicted molar refractivity (Wildman–Crippen MR) is 250 cm³/mol. The summed E-state index contributed by atoms with van der Waals surface area (Å²) in [6.07, 6.45) is 21.2. The van der Waals surface area contributed by atoms with E-state index in [4.69, 9.17) is 0 Å². The fourth-order valence-corrected chi connectivity index (χ4v) is 10.9. The highest BCUT2D eigenvalue weighted by Gasteiger charge is 2.44. The third-order valence-corrected chi connectivity index (χ3v) is 14.2. The van der Waals surface area contributed by atoms with Gasteiger partial charge in [-0.2, -0.15) is 0 Å². The zero-order valence-electron chi connectivity index (χ0n) is 38.5. The van der Waals surface area contributed by atoms with Gasteiger partial charge in [-0.25, -0.2) is 17.6 Å². The Morgan fingerprint density at radius 3 is 0.781 bits per heavy atom. The molecule has 0 N–H and O–H groups in total. The number of nitrogens with zero attached hydrogens (tertiary/aromatic N) is 2. The minimum atomic E-state index is -0.998. The molecule has 64 heavy (non-hydrogen) atoms. The van der Waals surface area contributed by atoms with E-state index >= 15 is 17.6 Å². The van der Waals surface area contributed by atoms with Crippen molar-refractivity contribution in [1.29, 1.82) is 0 Å². The Kier molecular flexibility index (Phi) is 15.6. The molecule has 2 heterocycles. The lowest BCUT2D eigenvalue weighted by atomic mass is 9.81. The first-order valence-corrected chi connectivity index (χ1v) is 24.8. The Labute approximate surface area is 375 Å². The summed E-state index contributed by atoms with van der Waals surface area (Å²) >= 11 is 0. The number of fused-ring (bicyclic) bond motifs is 2. The normalized spacial score (nSPS) is 14.2. The molecule has 2 aliphatic rings. The molecule has 0 radical (unpaired) electrons. The number of rotatable bonds is 26. The summed E-state index contributed by atoms with van der Waals surface area (Å²) in [7, 11) is 0. The zero-order chi connectivity index (χ0) is 45.7. The van der Waals surface area contributed by atoms with Crippen LogP contribution in [-0.4, -0.2) is 45.5 Å². The summed E-state index contributed by atoms with van der Waals surface area (Å²) in [6, 6.07) is 3.30. The second-order valence-corrected chi connectivity index (χ2v) is 18.7. The molecule has 0 unspecified atom stereocenters. The van der Waals surface area contributed by atoms with Gasteiger partial charge in [0.1, 0.15) is 23.3 Å². The quantitative estimate of drug-likeness (QED) is 0.0182. The molecule has 0 aliphatic carbocycles. The van der Waals surface area contributed by atoms with Crippen LogP contribution in [0.3, 0.4) is 0 Å². The average molecular weight is 883 g/mol. The van der Waals surface area contributed by atoms with Gasteiger partial charge in [-0.1, -0.05) is 156 Å². The molecule has 2 aliphatic heterocycles.